The molecule has 2 aliphatic rings. The third kappa shape index (κ3) is 2.96. The molecule has 2 fully saturated rings. The highest BCUT2D eigenvalue weighted by molar-refractivity contribution is 5.95. The quantitative estimate of drug-likeness (QED) is 0.837. The second-order valence-electron chi connectivity index (χ2n) is 6.39. The highest BCUT2D eigenvalue weighted by Gasteiger charge is 2.36. The number of ether oxygens (including phenoxy) is 1. The lowest BCUT2D eigenvalue weighted by Gasteiger charge is -2.47. The van der Waals surface area contributed by atoms with Gasteiger partial charge >= 0.3 is 0 Å². The first-order chi connectivity index (χ1) is 10.6. The van der Waals surface area contributed by atoms with E-state index in [1.807, 2.05) is 30.0 Å². The van der Waals surface area contributed by atoms with E-state index in [1.165, 1.54) is 0 Å². The molecule has 2 heterocycles. The van der Waals surface area contributed by atoms with Crippen LogP contribution < -0.4 is 4.74 Å². The number of carbonyl (C=O) groups excluding carboxylic acids is 1. The molecule has 3 rings (SSSR count). The van der Waals surface area contributed by atoms with Crippen LogP contribution in [0.4, 0.5) is 0 Å². The fraction of sp³-hybridized carbons (Fsp3) is 0.588. The summed E-state index contributed by atoms with van der Waals surface area (Å²) in [5.74, 6) is 0.894. The molecule has 2 aliphatic heterocycles. The first kappa shape index (κ1) is 15.3. The molecule has 22 heavy (non-hydrogen) atoms. The molecule has 0 saturated carbocycles. The van der Waals surface area contributed by atoms with Crippen molar-refractivity contribution < 1.29 is 9.53 Å². The summed E-state index contributed by atoms with van der Waals surface area (Å²) in [5, 5.41) is 0. The minimum atomic E-state index is 0.115. The average molecular weight is 303 g/mol. The van der Waals surface area contributed by atoms with Gasteiger partial charge < -0.3 is 14.5 Å². The van der Waals surface area contributed by atoms with E-state index in [-0.39, 0.29) is 5.91 Å². The second kappa shape index (κ2) is 6.26. The Balaban J connectivity index is 1.57. The van der Waals surface area contributed by atoms with Gasteiger partial charge in [0.05, 0.1) is 7.11 Å². The van der Waals surface area contributed by atoms with Gasteiger partial charge in [0, 0.05) is 50.9 Å². The zero-order chi connectivity index (χ0) is 15.7. The van der Waals surface area contributed by atoms with E-state index < -0.39 is 0 Å². The van der Waals surface area contributed by atoms with E-state index in [1.54, 1.807) is 7.11 Å². The summed E-state index contributed by atoms with van der Waals surface area (Å²) in [6, 6.07) is 6.22. The molecule has 0 bridgehead atoms. The van der Waals surface area contributed by atoms with Gasteiger partial charge in [-0.05, 0) is 31.7 Å². The molecule has 0 aromatic heterocycles. The number of rotatable bonds is 3. The minimum absolute atomic E-state index is 0.115. The van der Waals surface area contributed by atoms with Crippen LogP contribution >= 0.6 is 0 Å². The van der Waals surface area contributed by atoms with Gasteiger partial charge in [-0.1, -0.05) is 6.07 Å². The fourth-order valence-electron chi connectivity index (χ4n) is 3.17. The van der Waals surface area contributed by atoms with Gasteiger partial charge in [-0.15, -0.1) is 0 Å². The highest BCUT2D eigenvalue weighted by atomic mass is 16.5. The molecular weight excluding hydrogens is 278 g/mol. The van der Waals surface area contributed by atoms with Crippen molar-refractivity contribution in [1.29, 1.82) is 0 Å². The van der Waals surface area contributed by atoms with Gasteiger partial charge in [-0.2, -0.15) is 0 Å². The van der Waals surface area contributed by atoms with Crippen LogP contribution in [0.2, 0.25) is 0 Å². The lowest BCUT2D eigenvalue weighted by atomic mass is 10.0. The van der Waals surface area contributed by atoms with Gasteiger partial charge in [0.1, 0.15) is 5.75 Å². The van der Waals surface area contributed by atoms with Gasteiger partial charge in [-0.3, -0.25) is 9.69 Å². The van der Waals surface area contributed by atoms with Gasteiger partial charge in [0.25, 0.3) is 5.91 Å². The number of methoxy groups -OCH3 is 1. The fourth-order valence-corrected chi connectivity index (χ4v) is 3.17. The first-order valence-electron chi connectivity index (χ1n) is 7.95. The standard InChI is InChI=1S/C17H25N3O2/c1-13-4-5-14(10-16(13)22-3)17(21)20-11-15(12-20)19-8-6-18(2)7-9-19/h4-5,10,15H,6-9,11-12H2,1-3H3. The molecule has 5 heteroatoms. The van der Waals surface area contributed by atoms with Gasteiger partial charge in [0.15, 0.2) is 0 Å². The smallest absolute Gasteiger partial charge is 0.254 e. The van der Waals surface area contributed by atoms with Crippen molar-refractivity contribution in [3.05, 3.63) is 29.3 Å². The Morgan fingerprint density at radius 3 is 2.50 bits per heavy atom. The molecule has 0 N–H and O–H groups in total. The van der Waals surface area contributed by atoms with E-state index in [4.69, 9.17) is 4.74 Å². The SMILES string of the molecule is COc1cc(C(=O)N2CC(N3CCN(C)CC3)C2)ccc1C. The number of hydrogen-bond acceptors (Lipinski definition) is 4. The highest BCUT2D eigenvalue weighted by Crippen LogP contribution is 2.23. The largest absolute Gasteiger partial charge is 0.496 e. The summed E-state index contributed by atoms with van der Waals surface area (Å²) in [4.78, 5) is 19.3. The van der Waals surface area contributed by atoms with Crippen molar-refractivity contribution >= 4 is 5.91 Å². The van der Waals surface area contributed by atoms with Crippen LogP contribution in [-0.2, 0) is 0 Å². The number of likely N-dealkylation sites (tertiary alicyclic amines) is 1. The Hall–Kier alpha value is -1.59. The maximum absolute atomic E-state index is 12.5. The molecular formula is C17H25N3O2. The lowest BCUT2D eigenvalue weighted by Crippen LogP contribution is -2.63. The van der Waals surface area contributed by atoms with Gasteiger partial charge in [-0.25, -0.2) is 0 Å². The molecule has 0 unspecified atom stereocenters. The summed E-state index contributed by atoms with van der Waals surface area (Å²) in [7, 11) is 3.81. The predicted molar refractivity (Wildman–Crippen MR) is 86.5 cm³/mol. The van der Waals surface area contributed by atoms with Crippen molar-refractivity contribution in [3.63, 3.8) is 0 Å². The summed E-state index contributed by atoms with van der Waals surface area (Å²) < 4.78 is 5.31. The van der Waals surface area contributed by atoms with Crippen molar-refractivity contribution in [3.8, 4) is 5.75 Å². The first-order valence-corrected chi connectivity index (χ1v) is 7.95. The van der Waals surface area contributed by atoms with Crippen LogP contribution in [0.25, 0.3) is 0 Å². The van der Waals surface area contributed by atoms with E-state index in [2.05, 4.69) is 16.8 Å². The Morgan fingerprint density at radius 2 is 1.86 bits per heavy atom. The molecule has 0 atom stereocenters. The maximum atomic E-state index is 12.5. The Kier molecular flexibility index (Phi) is 4.36. The van der Waals surface area contributed by atoms with E-state index >= 15 is 0 Å². The molecule has 2 saturated heterocycles. The van der Waals surface area contributed by atoms with Crippen LogP contribution in [0.15, 0.2) is 18.2 Å². The average Bonchev–Trinajstić information content (AvgIpc) is 2.48. The van der Waals surface area contributed by atoms with E-state index in [9.17, 15) is 4.79 Å². The molecule has 1 aromatic carbocycles. The molecule has 0 radical (unpaired) electrons. The number of likely N-dealkylation sites (N-methyl/N-ethyl adjacent to an activating group) is 1. The molecule has 0 spiro atoms. The molecule has 0 aliphatic carbocycles. The number of nitrogens with zero attached hydrogens (tertiary/aromatic N) is 3. The minimum Gasteiger partial charge on any atom is -0.496 e. The Labute approximate surface area is 132 Å². The number of amides is 1. The zero-order valence-electron chi connectivity index (χ0n) is 13.7. The Bertz CT molecular complexity index is 547. The maximum Gasteiger partial charge on any atom is 0.254 e. The lowest BCUT2D eigenvalue weighted by molar-refractivity contribution is 0.0110. The predicted octanol–water partition coefficient (Wildman–Crippen LogP) is 1.08. The van der Waals surface area contributed by atoms with Crippen LogP contribution in [0.1, 0.15) is 15.9 Å². The van der Waals surface area contributed by atoms with Crippen LogP contribution in [0.3, 0.4) is 0 Å². The number of hydrogen-bond donors (Lipinski definition) is 0. The van der Waals surface area contributed by atoms with Crippen LogP contribution in [0.5, 0.6) is 5.75 Å². The van der Waals surface area contributed by atoms with Crippen LogP contribution in [0, 0.1) is 6.92 Å². The van der Waals surface area contributed by atoms with Crippen molar-refractivity contribution in [2.75, 3.05) is 53.4 Å². The third-order valence-corrected chi connectivity index (χ3v) is 4.86. The number of aryl methyl sites for hydroxylation is 1. The number of benzene rings is 1. The normalized spacial score (nSPS) is 20.8. The van der Waals surface area contributed by atoms with Crippen molar-refractivity contribution in [1.82, 2.24) is 14.7 Å². The van der Waals surface area contributed by atoms with E-state index in [0.29, 0.717) is 6.04 Å². The van der Waals surface area contributed by atoms with E-state index in [0.717, 1.165) is 56.1 Å². The third-order valence-electron chi connectivity index (χ3n) is 4.86. The van der Waals surface area contributed by atoms with Crippen molar-refractivity contribution in [2.45, 2.75) is 13.0 Å². The monoisotopic (exact) mass is 303 g/mol. The van der Waals surface area contributed by atoms with Crippen molar-refractivity contribution in [2.24, 2.45) is 0 Å². The molecule has 1 amide bonds. The topological polar surface area (TPSA) is 36.0 Å². The molecule has 5 nitrogen and oxygen atoms in total. The summed E-state index contributed by atoms with van der Waals surface area (Å²) in [6.45, 7) is 8.15. The number of piperazine rings is 1. The summed E-state index contributed by atoms with van der Waals surface area (Å²) in [6.07, 6.45) is 0. The summed E-state index contributed by atoms with van der Waals surface area (Å²) in [5.41, 5.74) is 1.78. The number of carbonyl (C=O) groups is 1. The molecule has 1 aromatic rings. The van der Waals surface area contributed by atoms with Crippen LogP contribution in [-0.4, -0.2) is 80.1 Å². The Morgan fingerprint density at radius 1 is 1.18 bits per heavy atom. The second-order valence-corrected chi connectivity index (χ2v) is 6.39. The van der Waals surface area contributed by atoms with Gasteiger partial charge in [0.2, 0.25) is 0 Å². The summed E-state index contributed by atoms with van der Waals surface area (Å²) >= 11 is 0. The zero-order valence-corrected chi connectivity index (χ0v) is 13.7. The molecule has 120 valence electrons.